The Kier molecular flexibility index (Phi) is 6.73. The molecule has 2 aromatic carbocycles. The molecule has 1 aliphatic rings. The van der Waals surface area contributed by atoms with Crippen molar-refractivity contribution >= 4 is 18.2 Å². The lowest BCUT2D eigenvalue weighted by Gasteiger charge is -2.25. The number of phenols is 5. The fraction of sp³-hybridized carbons (Fsp3) is 0.261. The van der Waals surface area contributed by atoms with Gasteiger partial charge in [-0.25, -0.2) is 4.68 Å². The molecule has 1 aromatic heterocycles. The fourth-order valence-electron chi connectivity index (χ4n) is 4.08. The lowest BCUT2D eigenvalue weighted by atomic mass is 10.1. The van der Waals surface area contributed by atoms with E-state index >= 15 is 0 Å². The van der Waals surface area contributed by atoms with Crippen LogP contribution >= 0.6 is 0 Å². The summed E-state index contributed by atoms with van der Waals surface area (Å²) in [5, 5.41) is 58.9. The number of phenolic OH excluding ortho intramolecular Hbond substituents is 5. The highest BCUT2D eigenvalue weighted by atomic mass is 16.5. The van der Waals surface area contributed by atoms with Gasteiger partial charge in [0.1, 0.15) is 24.1 Å². The van der Waals surface area contributed by atoms with Gasteiger partial charge < -0.3 is 35.2 Å². The maximum absolute atomic E-state index is 13.0. The van der Waals surface area contributed by atoms with Gasteiger partial charge in [0, 0.05) is 11.1 Å². The monoisotopic (exact) mass is 513 g/mol. The van der Waals surface area contributed by atoms with Crippen LogP contribution in [0.1, 0.15) is 41.4 Å². The van der Waals surface area contributed by atoms with E-state index in [-0.39, 0.29) is 31.2 Å². The molecular formula is C23H23N5O9. The first-order valence-electron chi connectivity index (χ1n) is 11.1. The van der Waals surface area contributed by atoms with E-state index in [1.807, 2.05) is 6.92 Å². The van der Waals surface area contributed by atoms with E-state index in [4.69, 9.17) is 4.74 Å². The number of hydrogen-bond acceptors (Lipinski definition) is 11. The standard InChI is InChI=1S/C23H23N5O9/c1-2-4-14(22(35)24-10-29)27-8-13-12(23(27)36)5-3-6-15(13)37-9-11-7-28(26-25-11)16-17(30)19(32)21(34)20(33)18(16)31/h3,5-7,10,14,30-34H,2,4,8-9H2,1H3,(H,24,29,35). The molecular weight excluding hydrogens is 490 g/mol. The van der Waals surface area contributed by atoms with Gasteiger partial charge in [-0.1, -0.05) is 24.6 Å². The zero-order valence-corrected chi connectivity index (χ0v) is 19.5. The van der Waals surface area contributed by atoms with Gasteiger partial charge in [-0.2, -0.15) is 0 Å². The maximum atomic E-state index is 13.0. The van der Waals surface area contributed by atoms with E-state index in [2.05, 4.69) is 15.6 Å². The van der Waals surface area contributed by atoms with Crippen molar-refractivity contribution in [2.45, 2.75) is 39.0 Å². The summed E-state index contributed by atoms with van der Waals surface area (Å²) in [7, 11) is 0. The third-order valence-corrected chi connectivity index (χ3v) is 5.89. The van der Waals surface area contributed by atoms with Gasteiger partial charge in [0.25, 0.3) is 5.91 Å². The average molecular weight is 513 g/mol. The van der Waals surface area contributed by atoms with Crippen LogP contribution in [-0.2, 0) is 22.7 Å². The third kappa shape index (κ3) is 4.39. The van der Waals surface area contributed by atoms with E-state index in [0.717, 1.165) is 4.68 Å². The van der Waals surface area contributed by atoms with Crippen molar-refractivity contribution in [1.29, 1.82) is 0 Å². The number of hydrogen-bond donors (Lipinski definition) is 6. The highest BCUT2D eigenvalue weighted by Gasteiger charge is 2.37. The number of ether oxygens (including phenoxy) is 1. The molecule has 0 saturated carbocycles. The molecule has 0 bridgehead atoms. The minimum absolute atomic E-state index is 0.0851. The van der Waals surface area contributed by atoms with Crippen LogP contribution in [0.5, 0.6) is 34.5 Å². The van der Waals surface area contributed by atoms with Crippen LogP contribution in [0.15, 0.2) is 24.4 Å². The second-order valence-electron chi connectivity index (χ2n) is 8.18. The number of rotatable bonds is 9. The molecule has 14 nitrogen and oxygen atoms in total. The number of carbonyl (C=O) groups is 3. The number of aromatic hydroxyl groups is 5. The van der Waals surface area contributed by atoms with Crippen LogP contribution in [-0.4, -0.2) is 69.7 Å². The Bertz CT molecular complexity index is 1360. The molecule has 0 spiro atoms. The predicted molar refractivity (Wildman–Crippen MR) is 123 cm³/mol. The Balaban J connectivity index is 1.55. The molecule has 37 heavy (non-hydrogen) atoms. The molecule has 2 heterocycles. The minimum atomic E-state index is -1.10. The average Bonchev–Trinajstić information content (AvgIpc) is 3.48. The first-order chi connectivity index (χ1) is 17.7. The Morgan fingerprint density at radius 3 is 2.46 bits per heavy atom. The summed E-state index contributed by atoms with van der Waals surface area (Å²) in [6.07, 6.45) is 2.49. The maximum Gasteiger partial charge on any atom is 0.255 e. The molecule has 0 fully saturated rings. The Hall–Kier alpha value is -5.01. The lowest BCUT2D eigenvalue weighted by molar-refractivity contribution is -0.129. The summed E-state index contributed by atoms with van der Waals surface area (Å²) >= 11 is 0. The van der Waals surface area contributed by atoms with Crippen molar-refractivity contribution in [1.82, 2.24) is 25.2 Å². The highest BCUT2D eigenvalue weighted by molar-refractivity contribution is 6.02. The highest BCUT2D eigenvalue weighted by Crippen LogP contribution is 2.52. The van der Waals surface area contributed by atoms with E-state index in [1.165, 1.54) is 11.1 Å². The summed E-state index contributed by atoms with van der Waals surface area (Å²) in [6, 6.07) is 4.02. The number of carbonyl (C=O) groups excluding carboxylic acids is 3. The van der Waals surface area contributed by atoms with Gasteiger partial charge in [-0.05, 0) is 18.6 Å². The number of nitrogens with one attached hydrogen (secondary N) is 1. The van der Waals surface area contributed by atoms with Crippen molar-refractivity contribution in [3.63, 3.8) is 0 Å². The van der Waals surface area contributed by atoms with Crippen LogP contribution < -0.4 is 10.1 Å². The van der Waals surface area contributed by atoms with Crippen LogP contribution in [0.4, 0.5) is 0 Å². The second kappa shape index (κ2) is 9.93. The first-order valence-corrected chi connectivity index (χ1v) is 11.1. The SMILES string of the molecule is CCCC(C(=O)NC=O)N1Cc2c(OCc3cn(-c4c(O)c(O)c(O)c(O)c4O)nn3)cccc2C1=O. The van der Waals surface area contributed by atoms with Crippen LogP contribution in [0.25, 0.3) is 5.69 Å². The van der Waals surface area contributed by atoms with Gasteiger partial charge in [0.15, 0.2) is 17.2 Å². The van der Waals surface area contributed by atoms with Gasteiger partial charge in [0.05, 0.1) is 12.7 Å². The summed E-state index contributed by atoms with van der Waals surface area (Å²) in [4.78, 5) is 37.5. The normalized spacial score (nSPS) is 13.3. The van der Waals surface area contributed by atoms with Gasteiger partial charge in [-0.3, -0.25) is 19.7 Å². The zero-order valence-electron chi connectivity index (χ0n) is 19.5. The molecule has 0 aliphatic carbocycles. The molecule has 0 radical (unpaired) electrons. The van der Waals surface area contributed by atoms with E-state index in [1.54, 1.807) is 18.2 Å². The number of imide groups is 1. The van der Waals surface area contributed by atoms with Crippen molar-refractivity contribution in [2.24, 2.45) is 0 Å². The fourth-order valence-corrected chi connectivity index (χ4v) is 4.08. The first kappa shape index (κ1) is 25.1. The van der Waals surface area contributed by atoms with E-state index in [0.29, 0.717) is 29.7 Å². The van der Waals surface area contributed by atoms with Gasteiger partial charge in [0.2, 0.25) is 29.6 Å². The molecule has 3 aromatic rings. The topological polar surface area (TPSA) is 208 Å². The van der Waals surface area contributed by atoms with Crippen molar-refractivity contribution in [2.75, 3.05) is 0 Å². The Morgan fingerprint density at radius 2 is 1.81 bits per heavy atom. The molecule has 14 heteroatoms. The van der Waals surface area contributed by atoms with E-state index < -0.39 is 46.4 Å². The number of nitrogens with zero attached hydrogens (tertiary/aromatic N) is 4. The lowest BCUT2D eigenvalue weighted by Crippen LogP contribution is -2.46. The summed E-state index contributed by atoms with van der Waals surface area (Å²) < 4.78 is 6.71. The summed E-state index contributed by atoms with van der Waals surface area (Å²) in [6.45, 7) is 1.78. The smallest absolute Gasteiger partial charge is 0.255 e. The molecule has 1 aliphatic heterocycles. The number of fused-ring (bicyclic) bond motifs is 1. The van der Waals surface area contributed by atoms with Crippen molar-refractivity contribution in [3.8, 4) is 40.2 Å². The molecule has 194 valence electrons. The molecule has 1 atom stereocenters. The zero-order chi connectivity index (χ0) is 26.9. The number of amides is 3. The molecule has 1 unspecified atom stereocenters. The van der Waals surface area contributed by atoms with Gasteiger partial charge >= 0.3 is 0 Å². The second-order valence-corrected chi connectivity index (χ2v) is 8.18. The Labute approximate surface area is 208 Å². The Morgan fingerprint density at radius 1 is 1.14 bits per heavy atom. The van der Waals surface area contributed by atoms with Gasteiger partial charge in [-0.15, -0.1) is 5.10 Å². The van der Waals surface area contributed by atoms with Crippen LogP contribution in [0.2, 0.25) is 0 Å². The molecule has 0 saturated heterocycles. The quantitative estimate of drug-likeness (QED) is 0.134. The molecule has 3 amide bonds. The molecule has 6 N–H and O–H groups in total. The van der Waals surface area contributed by atoms with Crippen molar-refractivity contribution in [3.05, 3.63) is 41.2 Å². The van der Waals surface area contributed by atoms with E-state index in [9.17, 15) is 39.9 Å². The minimum Gasteiger partial charge on any atom is -0.503 e. The number of aromatic nitrogens is 3. The number of benzene rings is 2. The van der Waals surface area contributed by atoms with Crippen LogP contribution in [0, 0.1) is 0 Å². The van der Waals surface area contributed by atoms with Crippen LogP contribution in [0.3, 0.4) is 0 Å². The largest absolute Gasteiger partial charge is 0.503 e. The summed E-state index contributed by atoms with van der Waals surface area (Å²) in [5.74, 6) is -5.70. The summed E-state index contributed by atoms with van der Waals surface area (Å²) in [5.41, 5.74) is 0.581. The predicted octanol–water partition coefficient (Wildman–Crippen LogP) is 0.771. The van der Waals surface area contributed by atoms with Crippen molar-refractivity contribution < 1.29 is 44.7 Å². The molecule has 4 rings (SSSR count). The third-order valence-electron chi connectivity index (χ3n) is 5.89.